The summed E-state index contributed by atoms with van der Waals surface area (Å²) in [6, 6.07) is 0. The fourth-order valence-electron chi connectivity index (χ4n) is 6.99. The maximum atomic E-state index is 11.3. The Morgan fingerprint density at radius 1 is 0.733 bits per heavy atom. The Labute approximate surface area is 182 Å². The highest BCUT2D eigenvalue weighted by Crippen LogP contribution is 2.67. The first-order valence-electron chi connectivity index (χ1n) is 11.5. The van der Waals surface area contributed by atoms with Gasteiger partial charge in [-0.05, 0) is 61.2 Å². The lowest BCUT2D eigenvalue weighted by Crippen LogP contribution is -2.38. The van der Waals surface area contributed by atoms with Crippen molar-refractivity contribution in [2.45, 2.75) is 92.3 Å². The van der Waals surface area contributed by atoms with Crippen molar-refractivity contribution in [1.82, 2.24) is 0 Å². The van der Waals surface area contributed by atoms with Crippen molar-refractivity contribution in [3.05, 3.63) is 25.3 Å². The second-order valence-corrected chi connectivity index (χ2v) is 11.5. The van der Waals surface area contributed by atoms with Crippen LogP contribution in [0, 0.1) is 33.5 Å². The van der Waals surface area contributed by atoms with Gasteiger partial charge in [0.1, 0.15) is 12.2 Å². The summed E-state index contributed by atoms with van der Waals surface area (Å²) in [6.07, 6.45) is 9.71. The van der Waals surface area contributed by atoms with Gasteiger partial charge in [0.15, 0.2) is 0 Å². The average Bonchev–Trinajstić information content (AvgIpc) is 3.20. The van der Waals surface area contributed by atoms with Crippen molar-refractivity contribution < 1.29 is 19.1 Å². The van der Waals surface area contributed by atoms with Gasteiger partial charge in [0.25, 0.3) is 0 Å². The molecular weight excluding hydrogens is 376 g/mol. The van der Waals surface area contributed by atoms with E-state index < -0.39 is 0 Å². The molecule has 6 atom stereocenters. The Bertz CT molecular complexity index is 673. The summed E-state index contributed by atoms with van der Waals surface area (Å²) in [4.78, 5) is 22.5. The maximum absolute atomic E-state index is 11.3. The molecule has 4 nitrogen and oxygen atoms in total. The number of hydrogen-bond donors (Lipinski definition) is 0. The molecule has 0 heterocycles. The standard InChI is InChI=1S/2C13H20O2/c2*1-5-11(14)15-10-8-9-6-7-13(10,4)12(9,2)3/h2*5,9-10H,1,6-8H2,2-4H3/t2*9-,10-,13+/m00/s1. The van der Waals surface area contributed by atoms with E-state index in [2.05, 4.69) is 54.7 Å². The van der Waals surface area contributed by atoms with Crippen molar-refractivity contribution in [3.8, 4) is 0 Å². The lowest BCUT2D eigenvalue weighted by Gasteiger charge is -2.38. The summed E-state index contributed by atoms with van der Waals surface area (Å²) in [7, 11) is 0. The first kappa shape index (κ1) is 23.1. The highest BCUT2D eigenvalue weighted by Gasteiger charge is 2.63. The van der Waals surface area contributed by atoms with Crippen LogP contribution in [0.25, 0.3) is 0 Å². The summed E-state index contributed by atoms with van der Waals surface area (Å²) in [5.74, 6) is 0.879. The molecule has 0 unspecified atom stereocenters. The molecule has 0 spiro atoms. The maximum Gasteiger partial charge on any atom is 0.330 e. The van der Waals surface area contributed by atoms with Gasteiger partial charge in [-0.1, -0.05) is 54.7 Å². The van der Waals surface area contributed by atoms with Crippen LogP contribution < -0.4 is 0 Å². The zero-order chi connectivity index (χ0) is 22.5. The molecule has 30 heavy (non-hydrogen) atoms. The number of carbonyl (C=O) groups excluding carboxylic acids is 2. The highest BCUT2D eigenvalue weighted by molar-refractivity contribution is 5.81. The van der Waals surface area contributed by atoms with Gasteiger partial charge in [-0.2, -0.15) is 0 Å². The van der Waals surface area contributed by atoms with Gasteiger partial charge in [-0.3, -0.25) is 0 Å². The molecule has 0 radical (unpaired) electrons. The van der Waals surface area contributed by atoms with E-state index in [0.717, 1.165) is 12.8 Å². The monoisotopic (exact) mass is 416 g/mol. The van der Waals surface area contributed by atoms with Crippen LogP contribution in [-0.4, -0.2) is 24.1 Å². The zero-order valence-corrected chi connectivity index (χ0v) is 19.8. The Kier molecular flexibility index (Phi) is 5.79. The molecule has 4 fully saturated rings. The predicted octanol–water partition coefficient (Wildman–Crippen LogP) is 5.86. The summed E-state index contributed by atoms with van der Waals surface area (Å²) >= 11 is 0. The minimum absolute atomic E-state index is 0.0942. The van der Waals surface area contributed by atoms with Gasteiger partial charge in [0, 0.05) is 23.0 Å². The summed E-state index contributed by atoms with van der Waals surface area (Å²) < 4.78 is 11.0. The van der Waals surface area contributed by atoms with E-state index in [1.807, 2.05) is 0 Å². The van der Waals surface area contributed by atoms with Gasteiger partial charge < -0.3 is 9.47 Å². The molecule has 4 aliphatic carbocycles. The first-order valence-corrected chi connectivity index (χ1v) is 11.5. The van der Waals surface area contributed by atoms with E-state index in [4.69, 9.17) is 9.47 Å². The Balaban J connectivity index is 0.000000171. The summed E-state index contributed by atoms with van der Waals surface area (Å²) in [5, 5.41) is 0. The molecule has 0 amide bonds. The van der Waals surface area contributed by atoms with E-state index >= 15 is 0 Å². The minimum atomic E-state index is -0.274. The lowest BCUT2D eigenvalue weighted by atomic mass is 9.70. The Hall–Kier alpha value is -1.58. The Morgan fingerprint density at radius 3 is 1.27 bits per heavy atom. The molecule has 4 saturated carbocycles. The van der Waals surface area contributed by atoms with E-state index in [1.165, 1.54) is 37.8 Å². The first-order chi connectivity index (χ1) is 13.8. The molecule has 4 rings (SSSR count). The van der Waals surface area contributed by atoms with Gasteiger partial charge in [0.05, 0.1) is 0 Å². The van der Waals surface area contributed by atoms with Crippen molar-refractivity contribution in [3.63, 3.8) is 0 Å². The van der Waals surface area contributed by atoms with Crippen LogP contribution in [0.2, 0.25) is 0 Å². The van der Waals surface area contributed by atoms with Crippen LogP contribution in [0.3, 0.4) is 0 Å². The van der Waals surface area contributed by atoms with Crippen molar-refractivity contribution >= 4 is 11.9 Å². The molecule has 0 aromatic rings. The number of hydrogen-bond acceptors (Lipinski definition) is 4. The normalized spacial score (nSPS) is 41.5. The SMILES string of the molecule is C=CC(=O)O[C@H]1C[C@@H]2CC[C@@]1(C)C2(C)C.C=CC(=O)O[C@H]1C[C@@H]2CC[C@@]1(C)C2(C)C. The van der Waals surface area contributed by atoms with Gasteiger partial charge in [0.2, 0.25) is 0 Å². The topological polar surface area (TPSA) is 52.6 Å². The van der Waals surface area contributed by atoms with Crippen molar-refractivity contribution in [2.24, 2.45) is 33.5 Å². The molecule has 0 N–H and O–H groups in total. The number of carbonyl (C=O) groups is 2. The van der Waals surface area contributed by atoms with E-state index in [1.54, 1.807) is 0 Å². The van der Waals surface area contributed by atoms with Crippen molar-refractivity contribution in [2.75, 3.05) is 0 Å². The molecule has 4 heteroatoms. The van der Waals surface area contributed by atoms with Crippen LogP contribution >= 0.6 is 0 Å². The van der Waals surface area contributed by atoms with Crippen molar-refractivity contribution in [1.29, 1.82) is 0 Å². The third kappa shape index (κ3) is 3.26. The predicted molar refractivity (Wildman–Crippen MR) is 119 cm³/mol. The summed E-state index contributed by atoms with van der Waals surface area (Å²) in [5.41, 5.74) is 0.935. The fraction of sp³-hybridized carbons (Fsp3) is 0.769. The molecule has 4 aliphatic rings. The highest BCUT2D eigenvalue weighted by atomic mass is 16.5. The van der Waals surface area contributed by atoms with Crippen LogP contribution in [0.4, 0.5) is 0 Å². The van der Waals surface area contributed by atoms with Crippen LogP contribution in [0.1, 0.15) is 80.1 Å². The minimum Gasteiger partial charge on any atom is -0.459 e. The largest absolute Gasteiger partial charge is 0.459 e. The lowest BCUT2D eigenvalue weighted by molar-refractivity contribution is -0.151. The van der Waals surface area contributed by atoms with Crippen LogP contribution in [0.15, 0.2) is 25.3 Å². The third-order valence-electron chi connectivity index (χ3n) is 10.3. The quantitative estimate of drug-likeness (QED) is 0.425. The summed E-state index contributed by atoms with van der Waals surface area (Å²) in [6.45, 7) is 20.7. The second kappa shape index (κ2) is 7.53. The average molecular weight is 417 g/mol. The van der Waals surface area contributed by atoms with Gasteiger partial charge in [-0.15, -0.1) is 0 Å². The fourth-order valence-corrected chi connectivity index (χ4v) is 6.99. The van der Waals surface area contributed by atoms with E-state index in [-0.39, 0.29) is 35.0 Å². The molecule has 0 aromatic carbocycles. The number of rotatable bonds is 4. The second-order valence-electron chi connectivity index (χ2n) is 11.5. The Morgan fingerprint density at radius 2 is 1.07 bits per heavy atom. The van der Waals surface area contributed by atoms with Crippen LogP contribution in [0.5, 0.6) is 0 Å². The molecular formula is C26H40O4. The molecule has 4 bridgehead atoms. The number of ether oxygens (including phenoxy) is 2. The van der Waals surface area contributed by atoms with Gasteiger partial charge >= 0.3 is 11.9 Å². The van der Waals surface area contributed by atoms with E-state index in [0.29, 0.717) is 22.7 Å². The van der Waals surface area contributed by atoms with Gasteiger partial charge in [-0.25, -0.2) is 9.59 Å². The third-order valence-corrected chi connectivity index (χ3v) is 10.3. The number of fused-ring (bicyclic) bond motifs is 4. The van der Waals surface area contributed by atoms with E-state index in [9.17, 15) is 9.59 Å². The molecule has 0 aromatic heterocycles. The zero-order valence-electron chi connectivity index (χ0n) is 19.8. The molecule has 0 aliphatic heterocycles. The van der Waals surface area contributed by atoms with Crippen LogP contribution in [-0.2, 0) is 19.1 Å². The molecule has 168 valence electrons. The molecule has 0 saturated heterocycles. The smallest absolute Gasteiger partial charge is 0.330 e. The number of esters is 2.